The van der Waals surface area contributed by atoms with Gasteiger partial charge >= 0.3 is 0 Å². The number of nitrogens with zero attached hydrogens (tertiary/aromatic N) is 1. The fraction of sp³-hybridized carbons (Fsp3) is 0.429. The van der Waals surface area contributed by atoms with E-state index in [1.807, 2.05) is 13.8 Å². The molecular formula is C7H11N3O. The van der Waals surface area contributed by atoms with Crippen molar-refractivity contribution in [3.05, 3.63) is 17.7 Å². The van der Waals surface area contributed by atoms with Crippen LogP contribution in [0.5, 0.6) is 0 Å². The number of imidazole rings is 1. The summed E-state index contributed by atoms with van der Waals surface area (Å²) in [5.74, 6) is -0.119. The molecule has 0 radical (unpaired) electrons. The van der Waals surface area contributed by atoms with Crippen molar-refractivity contribution in [1.29, 1.82) is 0 Å². The number of nitrogens with one attached hydrogen (secondary N) is 2. The third-order valence-electron chi connectivity index (χ3n) is 1.38. The highest BCUT2D eigenvalue weighted by Crippen LogP contribution is 1.98. The normalized spacial score (nSPS) is 9.64. The van der Waals surface area contributed by atoms with Gasteiger partial charge in [0, 0.05) is 12.2 Å². The van der Waals surface area contributed by atoms with Gasteiger partial charge in [0.25, 0.3) is 5.91 Å². The summed E-state index contributed by atoms with van der Waals surface area (Å²) in [4.78, 5) is 17.8. The van der Waals surface area contributed by atoms with Crippen LogP contribution in [-0.4, -0.2) is 22.4 Å². The zero-order valence-electron chi connectivity index (χ0n) is 6.64. The topological polar surface area (TPSA) is 57.8 Å². The molecule has 0 atom stereocenters. The second-order valence-corrected chi connectivity index (χ2v) is 2.24. The number of carbonyl (C=O) groups excluding carboxylic acids is 1. The molecule has 2 N–H and O–H groups in total. The third-order valence-corrected chi connectivity index (χ3v) is 1.38. The molecule has 0 saturated carbocycles. The van der Waals surface area contributed by atoms with Gasteiger partial charge < -0.3 is 10.3 Å². The van der Waals surface area contributed by atoms with Gasteiger partial charge in [-0.1, -0.05) is 0 Å². The van der Waals surface area contributed by atoms with Crippen LogP contribution in [0.25, 0.3) is 0 Å². The zero-order chi connectivity index (χ0) is 8.27. The van der Waals surface area contributed by atoms with E-state index in [-0.39, 0.29) is 5.91 Å². The van der Waals surface area contributed by atoms with Crippen LogP contribution in [0.15, 0.2) is 6.33 Å². The van der Waals surface area contributed by atoms with E-state index in [4.69, 9.17) is 0 Å². The molecule has 1 heterocycles. The number of carbonyl (C=O) groups is 1. The second kappa shape index (κ2) is 3.18. The Balaban J connectivity index is 2.76. The van der Waals surface area contributed by atoms with Crippen molar-refractivity contribution in [3.8, 4) is 0 Å². The third kappa shape index (κ3) is 1.58. The minimum atomic E-state index is -0.119. The number of aryl methyl sites for hydroxylation is 1. The number of hydrogen-bond acceptors (Lipinski definition) is 2. The molecule has 1 rings (SSSR count). The molecule has 0 unspecified atom stereocenters. The number of hydrogen-bond donors (Lipinski definition) is 2. The summed E-state index contributed by atoms with van der Waals surface area (Å²) in [6.45, 7) is 4.32. The van der Waals surface area contributed by atoms with E-state index in [9.17, 15) is 4.79 Å². The Morgan fingerprint density at radius 3 is 3.00 bits per heavy atom. The fourth-order valence-electron chi connectivity index (χ4n) is 0.832. The highest BCUT2D eigenvalue weighted by molar-refractivity contribution is 5.93. The molecule has 1 amide bonds. The van der Waals surface area contributed by atoms with Crippen LogP contribution in [0.1, 0.15) is 23.1 Å². The zero-order valence-corrected chi connectivity index (χ0v) is 6.64. The van der Waals surface area contributed by atoms with Crippen molar-refractivity contribution in [2.45, 2.75) is 13.8 Å². The van der Waals surface area contributed by atoms with Crippen molar-refractivity contribution in [3.63, 3.8) is 0 Å². The summed E-state index contributed by atoms with van der Waals surface area (Å²) in [5, 5.41) is 2.67. The predicted molar refractivity (Wildman–Crippen MR) is 41.3 cm³/mol. The van der Waals surface area contributed by atoms with Crippen LogP contribution >= 0.6 is 0 Å². The molecule has 0 aromatic carbocycles. The van der Waals surface area contributed by atoms with Crippen molar-refractivity contribution in [1.82, 2.24) is 15.3 Å². The SMILES string of the molecule is CCNC(=O)c1nc[nH]c1C. The first-order chi connectivity index (χ1) is 5.25. The van der Waals surface area contributed by atoms with Gasteiger partial charge in [-0.05, 0) is 13.8 Å². The van der Waals surface area contributed by atoms with Crippen molar-refractivity contribution >= 4 is 5.91 Å². The monoisotopic (exact) mass is 153 g/mol. The Kier molecular flexibility index (Phi) is 2.25. The van der Waals surface area contributed by atoms with Crippen LogP contribution in [-0.2, 0) is 0 Å². The van der Waals surface area contributed by atoms with Gasteiger partial charge in [0.2, 0.25) is 0 Å². The van der Waals surface area contributed by atoms with Gasteiger partial charge in [-0.3, -0.25) is 4.79 Å². The Hall–Kier alpha value is -1.32. The van der Waals surface area contributed by atoms with Crippen LogP contribution < -0.4 is 5.32 Å². The van der Waals surface area contributed by atoms with Gasteiger partial charge in [0.1, 0.15) is 5.69 Å². The molecule has 0 spiro atoms. The molecule has 0 aliphatic heterocycles. The number of aromatic nitrogens is 2. The summed E-state index contributed by atoms with van der Waals surface area (Å²) < 4.78 is 0. The Morgan fingerprint density at radius 2 is 2.55 bits per heavy atom. The lowest BCUT2D eigenvalue weighted by molar-refractivity contribution is 0.0950. The standard InChI is InChI=1S/C7H11N3O/c1-3-8-7(11)6-5(2)9-4-10-6/h4H,3H2,1-2H3,(H,8,11)(H,9,10). The summed E-state index contributed by atoms with van der Waals surface area (Å²) in [7, 11) is 0. The number of aromatic amines is 1. The molecule has 4 heteroatoms. The van der Waals surface area contributed by atoms with Crippen LogP contribution in [0, 0.1) is 6.92 Å². The first-order valence-electron chi connectivity index (χ1n) is 3.54. The van der Waals surface area contributed by atoms with Gasteiger partial charge in [0.05, 0.1) is 6.33 Å². The van der Waals surface area contributed by atoms with Crippen molar-refractivity contribution < 1.29 is 4.79 Å². The second-order valence-electron chi connectivity index (χ2n) is 2.24. The molecule has 0 aliphatic rings. The highest BCUT2D eigenvalue weighted by atomic mass is 16.1. The Morgan fingerprint density at radius 1 is 1.82 bits per heavy atom. The summed E-state index contributed by atoms with van der Waals surface area (Å²) in [6, 6.07) is 0. The van der Waals surface area contributed by atoms with Crippen LogP contribution in [0.3, 0.4) is 0 Å². The molecule has 0 bridgehead atoms. The summed E-state index contributed by atoms with van der Waals surface area (Å²) >= 11 is 0. The van der Waals surface area contributed by atoms with E-state index in [1.165, 1.54) is 6.33 Å². The smallest absolute Gasteiger partial charge is 0.271 e. The van der Waals surface area contributed by atoms with Crippen molar-refractivity contribution in [2.75, 3.05) is 6.54 Å². The lowest BCUT2D eigenvalue weighted by atomic mass is 10.3. The Bertz CT molecular complexity index is 254. The minimum Gasteiger partial charge on any atom is -0.351 e. The minimum absolute atomic E-state index is 0.119. The molecule has 60 valence electrons. The molecule has 0 saturated heterocycles. The average molecular weight is 153 g/mol. The average Bonchev–Trinajstić information content (AvgIpc) is 2.36. The quantitative estimate of drug-likeness (QED) is 0.648. The van der Waals surface area contributed by atoms with Gasteiger partial charge in [-0.25, -0.2) is 4.98 Å². The lowest BCUT2D eigenvalue weighted by Gasteiger charge is -1.97. The summed E-state index contributed by atoms with van der Waals surface area (Å²) in [6.07, 6.45) is 1.51. The highest BCUT2D eigenvalue weighted by Gasteiger charge is 2.08. The van der Waals surface area contributed by atoms with Crippen molar-refractivity contribution in [2.24, 2.45) is 0 Å². The lowest BCUT2D eigenvalue weighted by Crippen LogP contribution is -2.23. The maximum absolute atomic E-state index is 11.1. The van der Waals surface area contributed by atoms with Gasteiger partial charge in [-0.2, -0.15) is 0 Å². The van der Waals surface area contributed by atoms with E-state index in [0.29, 0.717) is 12.2 Å². The van der Waals surface area contributed by atoms with E-state index in [1.54, 1.807) is 0 Å². The molecular weight excluding hydrogens is 142 g/mol. The summed E-state index contributed by atoms with van der Waals surface area (Å²) in [5.41, 5.74) is 1.28. The Labute approximate surface area is 65.0 Å². The molecule has 1 aromatic heterocycles. The first kappa shape index (κ1) is 7.78. The number of H-pyrrole nitrogens is 1. The van der Waals surface area contributed by atoms with Crippen LogP contribution in [0.2, 0.25) is 0 Å². The molecule has 4 nitrogen and oxygen atoms in total. The molecule has 11 heavy (non-hydrogen) atoms. The van der Waals surface area contributed by atoms with Gasteiger partial charge in [0.15, 0.2) is 0 Å². The van der Waals surface area contributed by atoms with E-state index in [2.05, 4.69) is 15.3 Å². The number of rotatable bonds is 2. The fourth-order valence-corrected chi connectivity index (χ4v) is 0.832. The predicted octanol–water partition coefficient (Wildman–Crippen LogP) is 0.468. The first-order valence-corrected chi connectivity index (χ1v) is 3.54. The van der Waals surface area contributed by atoms with E-state index >= 15 is 0 Å². The number of amides is 1. The molecule has 0 fully saturated rings. The van der Waals surface area contributed by atoms with E-state index < -0.39 is 0 Å². The van der Waals surface area contributed by atoms with Crippen LogP contribution in [0.4, 0.5) is 0 Å². The molecule has 0 aliphatic carbocycles. The van der Waals surface area contributed by atoms with Gasteiger partial charge in [-0.15, -0.1) is 0 Å². The molecule has 1 aromatic rings. The maximum atomic E-state index is 11.1. The van der Waals surface area contributed by atoms with E-state index in [0.717, 1.165) is 5.69 Å². The maximum Gasteiger partial charge on any atom is 0.271 e. The largest absolute Gasteiger partial charge is 0.351 e.